The molecule has 4 heteroatoms. The number of benzene rings is 1. The van der Waals surface area contributed by atoms with Crippen molar-refractivity contribution in [1.29, 1.82) is 0 Å². The minimum Gasteiger partial charge on any atom is -0.491 e. The number of nitrogens with one attached hydrogen (secondary N) is 1. The number of carbonyl (C=O) groups excluding carboxylic acids is 1. The third kappa shape index (κ3) is 4.03. The van der Waals surface area contributed by atoms with Crippen molar-refractivity contribution in [1.82, 2.24) is 5.32 Å². The molecule has 2 rings (SSSR count). The summed E-state index contributed by atoms with van der Waals surface area (Å²) in [6.07, 6.45) is 6.38. The van der Waals surface area contributed by atoms with Gasteiger partial charge in [0.25, 0.3) is 5.91 Å². The molecule has 1 amide bonds. The van der Waals surface area contributed by atoms with Crippen LogP contribution in [0.15, 0.2) is 53.5 Å². The van der Waals surface area contributed by atoms with Gasteiger partial charge in [-0.15, -0.1) is 0 Å². The number of ether oxygens (including phenoxy) is 2. The van der Waals surface area contributed by atoms with Gasteiger partial charge in [-0.05, 0) is 37.5 Å². The van der Waals surface area contributed by atoms with E-state index in [0.29, 0.717) is 24.5 Å². The molecule has 122 valence electrons. The van der Waals surface area contributed by atoms with Crippen LogP contribution in [0.2, 0.25) is 0 Å². The molecule has 0 bridgehead atoms. The third-order valence-electron chi connectivity index (χ3n) is 3.80. The standard InChI is InChI=1S/C19H23NO3/c1-13-9-10-14(2)15(11-13)12-23-17-8-6-5-7-16(17)18(22-4)19(21)20-3/h5-6,8-11H,7,12H2,1-4H3,(H,20,21). The monoisotopic (exact) mass is 313 g/mol. The van der Waals surface area contributed by atoms with Gasteiger partial charge >= 0.3 is 0 Å². The topological polar surface area (TPSA) is 47.6 Å². The van der Waals surface area contributed by atoms with Crippen LogP contribution >= 0.6 is 0 Å². The lowest BCUT2D eigenvalue weighted by molar-refractivity contribution is -0.120. The summed E-state index contributed by atoms with van der Waals surface area (Å²) >= 11 is 0. The molecular formula is C19H23NO3. The third-order valence-corrected chi connectivity index (χ3v) is 3.80. The minimum absolute atomic E-state index is 0.251. The molecule has 0 fully saturated rings. The highest BCUT2D eigenvalue weighted by Gasteiger charge is 2.20. The zero-order valence-electron chi connectivity index (χ0n) is 14.1. The summed E-state index contributed by atoms with van der Waals surface area (Å²) in [6, 6.07) is 6.29. The van der Waals surface area contributed by atoms with Gasteiger partial charge in [0.05, 0.1) is 7.11 Å². The average molecular weight is 313 g/mol. The molecule has 1 aromatic rings. The Balaban J connectivity index is 2.24. The Bertz CT molecular complexity index is 684. The average Bonchev–Trinajstić information content (AvgIpc) is 2.57. The molecule has 0 saturated heterocycles. The first-order valence-corrected chi connectivity index (χ1v) is 7.62. The molecule has 0 radical (unpaired) electrons. The number of methoxy groups -OCH3 is 1. The summed E-state index contributed by atoms with van der Waals surface area (Å²) in [5.74, 6) is 0.719. The zero-order valence-corrected chi connectivity index (χ0v) is 14.1. The Morgan fingerprint density at radius 1 is 1.30 bits per heavy atom. The molecule has 23 heavy (non-hydrogen) atoms. The quantitative estimate of drug-likeness (QED) is 0.670. The van der Waals surface area contributed by atoms with Gasteiger partial charge in [0.2, 0.25) is 0 Å². The van der Waals surface area contributed by atoms with E-state index in [0.717, 1.165) is 11.1 Å². The van der Waals surface area contributed by atoms with Gasteiger partial charge < -0.3 is 14.8 Å². The van der Waals surface area contributed by atoms with Crippen LogP contribution in [0.3, 0.4) is 0 Å². The maximum Gasteiger partial charge on any atom is 0.286 e. The normalized spacial score (nSPS) is 15.7. The van der Waals surface area contributed by atoms with E-state index in [9.17, 15) is 4.79 Å². The SMILES string of the molecule is CNC(=O)C(OC)=C1CC=CC=C1OCc1cc(C)ccc1C. The second kappa shape index (κ2) is 7.68. The molecular weight excluding hydrogens is 290 g/mol. The van der Waals surface area contributed by atoms with Crippen molar-refractivity contribution in [2.45, 2.75) is 26.9 Å². The summed E-state index contributed by atoms with van der Waals surface area (Å²) in [4.78, 5) is 12.0. The maximum atomic E-state index is 12.0. The van der Waals surface area contributed by atoms with E-state index in [1.807, 2.05) is 18.2 Å². The number of hydrogen-bond donors (Lipinski definition) is 1. The molecule has 4 nitrogen and oxygen atoms in total. The molecule has 0 heterocycles. The van der Waals surface area contributed by atoms with Crippen LogP contribution in [0.5, 0.6) is 0 Å². The second-order valence-corrected chi connectivity index (χ2v) is 5.47. The van der Waals surface area contributed by atoms with E-state index in [1.54, 1.807) is 7.05 Å². The summed E-state index contributed by atoms with van der Waals surface area (Å²) in [5, 5.41) is 2.60. The Morgan fingerprint density at radius 3 is 2.78 bits per heavy atom. The molecule has 0 aliphatic heterocycles. The molecule has 1 aromatic carbocycles. The van der Waals surface area contributed by atoms with Crippen LogP contribution in [0.25, 0.3) is 0 Å². The maximum absolute atomic E-state index is 12.0. The highest BCUT2D eigenvalue weighted by atomic mass is 16.5. The highest BCUT2D eigenvalue weighted by molar-refractivity contribution is 5.92. The van der Waals surface area contributed by atoms with Gasteiger partial charge in [0, 0.05) is 12.6 Å². The van der Waals surface area contributed by atoms with Crippen LogP contribution in [0.1, 0.15) is 23.1 Å². The summed E-state index contributed by atoms with van der Waals surface area (Å²) in [5.41, 5.74) is 4.29. The minimum atomic E-state index is -0.251. The van der Waals surface area contributed by atoms with E-state index in [-0.39, 0.29) is 5.91 Å². The van der Waals surface area contributed by atoms with Crippen LogP contribution < -0.4 is 5.32 Å². The highest BCUT2D eigenvalue weighted by Crippen LogP contribution is 2.26. The van der Waals surface area contributed by atoms with Crippen LogP contribution in [-0.2, 0) is 20.9 Å². The lowest BCUT2D eigenvalue weighted by Gasteiger charge is -2.19. The largest absolute Gasteiger partial charge is 0.491 e. The zero-order chi connectivity index (χ0) is 16.8. The molecule has 0 spiro atoms. The molecule has 1 N–H and O–H groups in total. The number of amides is 1. The lowest BCUT2D eigenvalue weighted by atomic mass is 10.0. The van der Waals surface area contributed by atoms with Crippen LogP contribution in [0, 0.1) is 13.8 Å². The number of carbonyl (C=O) groups is 1. The van der Waals surface area contributed by atoms with Crippen molar-refractivity contribution >= 4 is 5.91 Å². The Morgan fingerprint density at radius 2 is 2.09 bits per heavy atom. The fourth-order valence-corrected chi connectivity index (χ4v) is 2.46. The van der Waals surface area contributed by atoms with Gasteiger partial charge in [-0.1, -0.05) is 35.9 Å². The predicted molar refractivity (Wildman–Crippen MR) is 90.6 cm³/mol. The molecule has 0 aromatic heterocycles. The van der Waals surface area contributed by atoms with E-state index in [1.165, 1.54) is 18.2 Å². The summed E-state index contributed by atoms with van der Waals surface area (Å²) in [6.45, 7) is 4.59. The number of aryl methyl sites for hydroxylation is 2. The van der Waals surface area contributed by atoms with Gasteiger partial charge in [0.15, 0.2) is 5.76 Å². The fourth-order valence-electron chi connectivity index (χ4n) is 2.46. The smallest absolute Gasteiger partial charge is 0.286 e. The molecule has 0 atom stereocenters. The first-order valence-electron chi connectivity index (χ1n) is 7.62. The summed E-state index contributed by atoms with van der Waals surface area (Å²) in [7, 11) is 3.08. The number of likely N-dealkylation sites (N-methyl/N-ethyl adjacent to an activating group) is 1. The van der Waals surface area contributed by atoms with Gasteiger partial charge in [-0.25, -0.2) is 0 Å². The fraction of sp³-hybridized carbons (Fsp3) is 0.316. The first kappa shape index (κ1) is 16.9. The van der Waals surface area contributed by atoms with Crippen molar-refractivity contribution in [3.63, 3.8) is 0 Å². The van der Waals surface area contributed by atoms with E-state index >= 15 is 0 Å². The number of rotatable bonds is 5. The Labute approximate surface area is 137 Å². The van der Waals surface area contributed by atoms with Crippen molar-refractivity contribution in [3.8, 4) is 0 Å². The van der Waals surface area contributed by atoms with Gasteiger partial charge in [0.1, 0.15) is 12.4 Å². The number of hydrogen-bond acceptors (Lipinski definition) is 3. The number of allylic oxidation sites excluding steroid dienone is 4. The van der Waals surface area contributed by atoms with Crippen molar-refractivity contribution < 1.29 is 14.3 Å². The summed E-state index contributed by atoms with van der Waals surface area (Å²) < 4.78 is 11.3. The first-order chi connectivity index (χ1) is 11.1. The van der Waals surface area contributed by atoms with Crippen molar-refractivity contribution in [3.05, 3.63) is 70.2 Å². The molecule has 0 saturated carbocycles. The van der Waals surface area contributed by atoms with Crippen LogP contribution in [-0.4, -0.2) is 20.1 Å². The Hall–Kier alpha value is -2.49. The van der Waals surface area contributed by atoms with Gasteiger partial charge in [-0.3, -0.25) is 4.79 Å². The van der Waals surface area contributed by atoms with E-state index in [4.69, 9.17) is 9.47 Å². The van der Waals surface area contributed by atoms with E-state index in [2.05, 4.69) is 37.4 Å². The predicted octanol–water partition coefficient (Wildman–Crippen LogP) is 3.31. The molecule has 1 aliphatic carbocycles. The molecule has 0 unspecified atom stereocenters. The van der Waals surface area contributed by atoms with Crippen molar-refractivity contribution in [2.75, 3.05) is 14.2 Å². The van der Waals surface area contributed by atoms with Crippen molar-refractivity contribution in [2.24, 2.45) is 0 Å². The lowest BCUT2D eigenvalue weighted by Crippen LogP contribution is -2.23. The van der Waals surface area contributed by atoms with Crippen LogP contribution in [0.4, 0.5) is 0 Å². The molecule has 1 aliphatic rings. The van der Waals surface area contributed by atoms with E-state index < -0.39 is 0 Å². The Kier molecular flexibility index (Phi) is 5.63. The van der Waals surface area contributed by atoms with Gasteiger partial charge in [-0.2, -0.15) is 0 Å². The second-order valence-electron chi connectivity index (χ2n) is 5.47.